The van der Waals surface area contributed by atoms with Crippen LogP contribution in [0.1, 0.15) is 34.5 Å². The Kier molecular flexibility index (Phi) is 8.35. The lowest BCUT2D eigenvalue weighted by Crippen LogP contribution is -2.47. The number of halogens is 3. The van der Waals surface area contributed by atoms with Crippen molar-refractivity contribution >= 4 is 17.8 Å². The molecule has 2 saturated heterocycles. The van der Waals surface area contributed by atoms with Crippen LogP contribution in [0, 0.1) is 18.3 Å². The fourth-order valence-electron chi connectivity index (χ4n) is 5.23. The molecule has 10 nitrogen and oxygen atoms in total. The second-order valence-electron chi connectivity index (χ2n) is 9.79. The molecule has 4 rings (SSSR count). The van der Waals surface area contributed by atoms with Gasteiger partial charge in [0.2, 0.25) is 5.91 Å². The van der Waals surface area contributed by atoms with E-state index in [0.29, 0.717) is 24.4 Å². The minimum absolute atomic E-state index is 0.0000569. The molecule has 2 aliphatic heterocycles. The number of carboxylic acids is 1. The lowest BCUT2D eigenvalue weighted by Gasteiger charge is -2.35. The maximum atomic E-state index is 13.4. The second-order valence-corrected chi connectivity index (χ2v) is 9.79. The smallest absolute Gasteiger partial charge is 0.475 e. The SMILES string of the molecule is Cc1occc1C(=O)N1CCC[C@]2(C(=O)N(C)C)CN(Cc3cnn(C)c3)C[C@@H]2C1.O=C(O)C(F)(F)F. The van der Waals surface area contributed by atoms with Crippen LogP contribution < -0.4 is 0 Å². The zero-order chi connectivity index (χ0) is 27.5. The molecule has 0 spiro atoms. The van der Waals surface area contributed by atoms with Crippen LogP contribution in [0.5, 0.6) is 0 Å². The van der Waals surface area contributed by atoms with Crippen LogP contribution in [0.4, 0.5) is 13.2 Å². The first kappa shape index (κ1) is 28.2. The number of aromatic nitrogens is 2. The van der Waals surface area contributed by atoms with Crippen molar-refractivity contribution in [2.45, 2.75) is 32.5 Å². The van der Waals surface area contributed by atoms with Crippen LogP contribution in [0.25, 0.3) is 0 Å². The Morgan fingerprint density at radius 1 is 1.27 bits per heavy atom. The lowest BCUT2D eigenvalue weighted by atomic mass is 9.74. The van der Waals surface area contributed by atoms with E-state index in [4.69, 9.17) is 14.3 Å². The number of carboxylic acid groups (broad SMARTS) is 1. The van der Waals surface area contributed by atoms with Gasteiger partial charge in [0.05, 0.1) is 23.4 Å². The molecule has 4 heterocycles. The van der Waals surface area contributed by atoms with Gasteiger partial charge in [-0.05, 0) is 25.8 Å². The van der Waals surface area contributed by atoms with Crippen molar-refractivity contribution < 1.29 is 37.1 Å². The minimum Gasteiger partial charge on any atom is -0.475 e. The summed E-state index contributed by atoms with van der Waals surface area (Å²) in [5.74, 6) is -1.84. The number of furan rings is 1. The predicted octanol–water partition coefficient (Wildman–Crippen LogP) is 2.40. The number of fused-ring (bicyclic) bond motifs is 1. The van der Waals surface area contributed by atoms with E-state index >= 15 is 0 Å². The maximum Gasteiger partial charge on any atom is 0.490 e. The van der Waals surface area contributed by atoms with Gasteiger partial charge in [0.25, 0.3) is 5.91 Å². The van der Waals surface area contributed by atoms with Gasteiger partial charge in [0.1, 0.15) is 5.76 Å². The zero-order valence-electron chi connectivity index (χ0n) is 21.3. The molecular weight excluding hydrogens is 495 g/mol. The van der Waals surface area contributed by atoms with E-state index in [1.54, 1.807) is 21.9 Å². The highest BCUT2D eigenvalue weighted by Gasteiger charge is 2.54. The number of alkyl halides is 3. The monoisotopic (exact) mass is 527 g/mol. The largest absolute Gasteiger partial charge is 0.490 e. The third-order valence-corrected chi connectivity index (χ3v) is 6.87. The number of carbonyl (C=O) groups excluding carboxylic acids is 2. The Balaban J connectivity index is 0.000000479. The quantitative estimate of drug-likeness (QED) is 0.650. The van der Waals surface area contributed by atoms with Crippen molar-refractivity contribution in [1.29, 1.82) is 0 Å². The third-order valence-electron chi connectivity index (χ3n) is 6.87. The number of likely N-dealkylation sites (tertiary alicyclic amines) is 2. The summed E-state index contributed by atoms with van der Waals surface area (Å²) in [5.41, 5.74) is 1.31. The number of amides is 2. The molecule has 2 aliphatic rings. The molecular formula is C24H32F3N5O5. The van der Waals surface area contributed by atoms with Gasteiger partial charge in [0, 0.05) is 71.5 Å². The van der Waals surface area contributed by atoms with Gasteiger partial charge in [-0.15, -0.1) is 0 Å². The van der Waals surface area contributed by atoms with Crippen molar-refractivity contribution in [3.05, 3.63) is 41.6 Å². The van der Waals surface area contributed by atoms with Crippen molar-refractivity contribution in [3.8, 4) is 0 Å². The van der Waals surface area contributed by atoms with Crippen LogP contribution in [0.2, 0.25) is 0 Å². The average Bonchev–Trinajstić information content (AvgIpc) is 3.48. The van der Waals surface area contributed by atoms with Crippen LogP contribution in [-0.4, -0.2) is 93.8 Å². The van der Waals surface area contributed by atoms with Gasteiger partial charge < -0.3 is 19.3 Å². The van der Waals surface area contributed by atoms with Crippen molar-refractivity contribution in [3.63, 3.8) is 0 Å². The van der Waals surface area contributed by atoms with Gasteiger partial charge in [0.15, 0.2) is 0 Å². The number of aliphatic carboxylic acids is 1. The van der Waals surface area contributed by atoms with Crippen LogP contribution in [-0.2, 0) is 23.2 Å². The van der Waals surface area contributed by atoms with Gasteiger partial charge in [-0.1, -0.05) is 0 Å². The summed E-state index contributed by atoms with van der Waals surface area (Å²) in [6.07, 6.45) is 2.00. The summed E-state index contributed by atoms with van der Waals surface area (Å²) >= 11 is 0. The van der Waals surface area contributed by atoms with Gasteiger partial charge in [-0.2, -0.15) is 18.3 Å². The van der Waals surface area contributed by atoms with Gasteiger partial charge >= 0.3 is 12.1 Å². The molecule has 37 heavy (non-hydrogen) atoms. The number of aryl methyl sites for hydroxylation is 2. The van der Waals surface area contributed by atoms with Crippen LogP contribution in [0.15, 0.2) is 29.1 Å². The first-order valence-corrected chi connectivity index (χ1v) is 11.8. The van der Waals surface area contributed by atoms with Crippen LogP contribution in [0.3, 0.4) is 0 Å². The fourth-order valence-corrected chi connectivity index (χ4v) is 5.23. The van der Waals surface area contributed by atoms with E-state index in [2.05, 4.69) is 10.00 Å². The fraction of sp³-hybridized carbons (Fsp3) is 0.583. The molecule has 0 saturated carbocycles. The standard InChI is InChI=1S/C22H31N5O3.C2HF3O2/c1-16-19(6-9-30-16)20(28)27-8-5-7-22(21(29)24(2)3)15-26(13-18(22)14-27)12-17-10-23-25(4)11-17;3-2(4,5)1(6)7/h6,9-11,18H,5,7-8,12-15H2,1-4H3;(H,6,7)/t18-,22+;/m1./s1. The number of carbonyl (C=O) groups is 3. The Hall–Kier alpha value is -3.35. The van der Waals surface area contributed by atoms with E-state index in [0.717, 1.165) is 38.0 Å². The molecule has 2 aromatic heterocycles. The molecule has 0 aromatic carbocycles. The summed E-state index contributed by atoms with van der Waals surface area (Å²) in [6, 6.07) is 1.74. The van der Waals surface area contributed by atoms with Gasteiger partial charge in [-0.25, -0.2) is 4.79 Å². The first-order chi connectivity index (χ1) is 17.2. The molecule has 0 aliphatic carbocycles. The molecule has 0 unspecified atom stereocenters. The topological polar surface area (TPSA) is 112 Å². The van der Waals surface area contributed by atoms with Gasteiger partial charge in [-0.3, -0.25) is 19.2 Å². The summed E-state index contributed by atoms with van der Waals surface area (Å²) < 4.78 is 38.9. The summed E-state index contributed by atoms with van der Waals surface area (Å²) in [6.45, 7) is 5.36. The Bertz CT molecular complexity index is 1130. The first-order valence-electron chi connectivity index (χ1n) is 11.8. The molecule has 1 N–H and O–H groups in total. The van der Waals surface area contributed by atoms with E-state index in [-0.39, 0.29) is 17.7 Å². The Morgan fingerprint density at radius 3 is 2.46 bits per heavy atom. The highest BCUT2D eigenvalue weighted by molar-refractivity contribution is 5.95. The highest BCUT2D eigenvalue weighted by Crippen LogP contribution is 2.44. The van der Waals surface area contributed by atoms with Crippen molar-refractivity contribution in [2.24, 2.45) is 18.4 Å². The lowest BCUT2D eigenvalue weighted by molar-refractivity contribution is -0.192. The second kappa shape index (κ2) is 11.0. The number of rotatable bonds is 4. The van der Waals surface area contributed by atoms with E-state index in [9.17, 15) is 22.8 Å². The molecule has 2 amide bonds. The van der Waals surface area contributed by atoms with Crippen LogP contribution >= 0.6 is 0 Å². The molecule has 2 atom stereocenters. The Labute approximate surface area is 212 Å². The molecule has 0 bridgehead atoms. The predicted molar refractivity (Wildman–Crippen MR) is 125 cm³/mol. The summed E-state index contributed by atoms with van der Waals surface area (Å²) in [5, 5.41) is 11.4. The number of hydrogen-bond donors (Lipinski definition) is 1. The minimum atomic E-state index is -5.08. The van der Waals surface area contributed by atoms with E-state index < -0.39 is 17.6 Å². The molecule has 0 radical (unpaired) electrons. The molecule has 2 fully saturated rings. The average molecular weight is 528 g/mol. The zero-order valence-corrected chi connectivity index (χ0v) is 21.3. The third kappa shape index (κ3) is 6.32. The molecule has 204 valence electrons. The number of nitrogens with zero attached hydrogens (tertiary/aromatic N) is 5. The molecule has 2 aromatic rings. The van der Waals surface area contributed by atoms with E-state index in [1.807, 2.05) is 45.4 Å². The van der Waals surface area contributed by atoms with Crippen molar-refractivity contribution in [2.75, 3.05) is 40.3 Å². The summed E-state index contributed by atoms with van der Waals surface area (Å²) in [4.78, 5) is 41.4. The summed E-state index contributed by atoms with van der Waals surface area (Å²) in [7, 11) is 5.58. The van der Waals surface area contributed by atoms with Crippen molar-refractivity contribution in [1.82, 2.24) is 24.5 Å². The molecule has 13 heteroatoms. The highest BCUT2D eigenvalue weighted by atomic mass is 19.4. The Morgan fingerprint density at radius 2 is 1.95 bits per heavy atom. The number of hydrogen-bond acceptors (Lipinski definition) is 6. The maximum absolute atomic E-state index is 13.4. The normalized spacial score (nSPS) is 22.0. The van der Waals surface area contributed by atoms with E-state index in [1.165, 1.54) is 0 Å².